The van der Waals surface area contributed by atoms with Crippen LogP contribution in [0.15, 0.2) is 66.7 Å². The molecule has 3 rings (SSSR count). The van der Waals surface area contributed by atoms with Crippen molar-refractivity contribution >= 4 is 16.9 Å². The van der Waals surface area contributed by atoms with Gasteiger partial charge in [0.15, 0.2) is 0 Å². The minimum atomic E-state index is -0.682. The smallest absolute Gasteiger partial charge is 0.429 e. The first-order chi connectivity index (χ1) is 11.3. The van der Waals surface area contributed by atoms with Gasteiger partial charge in [-0.3, -0.25) is 0 Å². The molecule has 0 saturated heterocycles. The topological polar surface area (TPSA) is 35.5 Å². The Morgan fingerprint density at radius 2 is 1.65 bits per heavy atom. The number of ether oxygens (including phenoxy) is 2. The van der Waals surface area contributed by atoms with Crippen molar-refractivity contribution < 1.29 is 14.3 Å². The molecule has 0 saturated carbocycles. The van der Waals surface area contributed by atoms with Gasteiger partial charge in [-0.25, -0.2) is 4.79 Å². The molecule has 0 unspecified atom stereocenters. The van der Waals surface area contributed by atoms with Crippen LogP contribution in [0.5, 0.6) is 5.75 Å². The van der Waals surface area contributed by atoms with Crippen molar-refractivity contribution in [2.75, 3.05) is 0 Å². The molecule has 116 valence electrons. The van der Waals surface area contributed by atoms with Gasteiger partial charge in [-0.05, 0) is 28.8 Å². The number of aryl methyl sites for hydroxylation is 1. The summed E-state index contributed by atoms with van der Waals surface area (Å²) >= 11 is 0. The number of carbonyl (C=O) groups excluding carboxylic acids is 1. The Morgan fingerprint density at radius 3 is 2.43 bits per heavy atom. The summed E-state index contributed by atoms with van der Waals surface area (Å²) in [6.07, 6.45) is 0.0988. The molecule has 0 atom stereocenters. The molecule has 0 aliphatic carbocycles. The van der Waals surface area contributed by atoms with Gasteiger partial charge in [0.1, 0.15) is 12.4 Å². The van der Waals surface area contributed by atoms with E-state index >= 15 is 0 Å². The molecule has 0 fully saturated rings. The largest absolute Gasteiger partial charge is 0.514 e. The molecule has 0 heterocycles. The third-order valence-electron chi connectivity index (χ3n) is 3.74. The Kier molecular flexibility index (Phi) is 4.57. The number of hydrogen-bond acceptors (Lipinski definition) is 3. The predicted molar refractivity (Wildman–Crippen MR) is 90.6 cm³/mol. The molecule has 0 aromatic heterocycles. The predicted octanol–water partition coefficient (Wildman–Crippen LogP) is 5.12. The molecule has 0 N–H and O–H groups in total. The molecule has 0 bridgehead atoms. The molecular weight excluding hydrogens is 288 g/mol. The Hall–Kier alpha value is -2.81. The Balaban J connectivity index is 1.74. The molecule has 0 aliphatic heterocycles. The second kappa shape index (κ2) is 6.97. The molecular formula is C20H18O3. The van der Waals surface area contributed by atoms with E-state index in [-0.39, 0.29) is 6.61 Å². The molecule has 0 spiro atoms. The van der Waals surface area contributed by atoms with Gasteiger partial charge in [-0.1, -0.05) is 67.6 Å². The molecule has 0 amide bonds. The normalized spacial score (nSPS) is 10.5. The van der Waals surface area contributed by atoms with Crippen LogP contribution in [0.25, 0.3) is 10.8 Å². The third kappa shape index (κ3) is 3.51. The summed E-state index contributed by atoms with van der Waals surface area (Å²) < 4.78 is 10.6. The molecule has 3 aromatic rings. The summed E-state index contributed by atoms with van der Waals surface area (Å²) in [5.41, 5.74) is 1.94. The van der Waals surface area contributed by atoms with Crippen LogP contribution < -0.4 is 4.74 Å². The van der Waals surface area contributed by atoms with E-state index in [4.69, 9.17) is 9.47 Å². The van der Waals surface area contributed by atoms with E-state index in [0.29, 0.717) is 5.75 Å². The number of fused-ring (bicyclic) bond motifs is 1. The standard InChI is InChI=1S/C20H18O3/c1-2-17-18-11-7-6-10-16(18)12-13-19(17)23-20(21)22-14-15-8-4-3-5-9-15/h3-13H,2,14H2,1H3. The SMILES string of the molecule is CCc1c(OC(=O)OCc2ccccc2)ccc2ccccc12. The van der Waals surface area contributed by atoms with E-state index in [1.165, 1.54) is 0 Å². The lowest BCUT2D eigenvalue weighted by Crippen LogP contribution is -2.11. The zero-order valence-electron chi connectivity index (χ0n) is 13.0. The van der Waals surface area contributed by atoms with Gasteiger partial charge >= 0.3 is 6.16 Å². The fraction of sp³-hybridized carbons (Fsp3) is 0.150. The van der Waals surface area contributed by atoms with Crippen LogP contribution in [0.1, 0.15) is 18.1 Å². The average Bonchev–Trinajstić information content (AvgIpc) is 2.60. The van der Waals surface area contributed by atoms with E-state index in [9.17, 15) is 4.79 Å². The van der Waals surface area contributed by atoms with E-state index in [2.05, 4.69) is 0 Å². The Bertz CT molecular complexity index is 809. The summed E-state index contributed by atoms with van der Waals surface area (Å²) in [7, 11) is 0. The lowest BCUT2D eigenvalue weighted by atomic mass is 10.0. The highest BCUT2D eigenvalue weighted by Crippen LogP contribution is 2.28. The molecule has 3 heteroatoms. The lowest BCUT2D eigenvalue weighted by molar-refractivity contribution is 0.0925. The maximum Gasteiger partial charge on any atom is 0.514 e. The van der Waals surface area contributed by atoms with Gasteiger partial charge < -0.3 is 9.47 Å². The first kappa shape index (κ1) is 15.1. The fourth-order valence-corrected chi connectivity index (χ4v) is 2.61. The molecule has 23 heavy (non-hydrogen) atoms. The van der Waals surface area contributed by atoms with Crippen LogP contribution in [0.2, 0.25) is 0 Å². The van der Waals surface area contributed by atoms with Gasteiger partial charge in [0, 0.05) is 5.56 Å². The van der Waals surface area contributed by atoms with Gasteiger partial charge in [0.05, 0.1) is 0 Å². The number of benzene rings is 3. The summed E-state index contributed by atoms with van der Waals surface area (Å²) in [6, 6.07) is 21.4. The van der Waals surface area contributed by atoms with E-state index in [0.717, 1.165) is 28.3 Å². The van der Waals surface area contributed by atoms with Crippen LogP contribution in [0.4, 0.5) is 4.79 Å². The molecule has 3 nitrogen and oxygen atoms in total. The fourth-order valence-electron chi connectivity index (χ4n) is 2.61. The lowest BCUT2D eigenvalue weighted by Gasteiger charge is -2.12. The van der Waals surface area contributed by atoms with Crippen LogP contribution >= 0.6 is 0 Å². The maximum absolute atomic E-state index is 11.9. The highest BCUT2D eigenvalue weighted by atomic mass is 16.7. The van der Waals surface area contributed by atoms with E-state index in [1.807, 2.05) is 73.7 Å². The van der Waals surface area contributed by atoms with Gasteiger partial charge in [-0.2, -0.15) is 0 Å². The van der Waals surface area contributed by atoms with Crippen molar-refractivity contribution in [3.8, 4) is 5.75 Å². The van der Waals surface area contributed by atoms with E-state index in [1.54, 1.807) is 0 Å². The second-order valence-electron chi connectivity index (χ2n) is 5.24. The van der Waals surface area contributed by atoms with Crippen molar-refractivity contribution in [2.45, 2.75) is 20.0 Å². The van der Waals surface area contributed by atoms with Gasteiger partial charge in [-0.15, -0.1) is 0 Å². The summed E-state index contributed by atoms with van der Waals surface area (Å²) in [4.78, 5) is 11.9. The van der Waals surface area contributed by atoms with Gasteiger partial charge in [0.2, 0.25) is 0 Å². The minimum Gasteiger partial charge on any atom is -0.429 e. The van der Waals surface area contributed by atoms with Gasteiger partial charge in [0.25, 0.3) is 0 Å². The van der Waals surface area contributed by atoms with Crippen molar-refractivity contribution in [2.24, 2.45) is 0 Å². The summed E-state index contributed by atoms with van der Waals surface area (Å²) in [5, 5.41) is 2.23. The van der Waals surface area contributed by atoms with Crippen molar-refractivity contribution in [1.29, 1.82) is 0 Å². The van der Waals surface area contributed by atoms with Crippen molar-refractivity contribution in [3.63, 3.8) is 0 Å². The number of rotatable bonds is 4. The monoisotopic (exact) mass is 306 g/mol. The first-order valence-electron chi connectivity index (χ1n) is 7.67. The van der Waals surface area contributed by atoms with Crippen molar-refractivity contribution in [1.82, 2.24) is 0 Å². The Labute approximate surface area is 135 Å². The highest BCUT2D eigenvalue weighted by molar-refractivity contribution is 5.88. The quantitative estimate of drug-likeness (QED) is 0.496. The van der Waals surface area contributed by atoms with Crippen LogP contribution in [0.3, 0.4) is 0 Å². The molecule has 0 radical (unpaired) electrons. The summed E-state index contributed by atoms with van der Waals surface area (Å²) in [5.74, 6) is 0.560. The summed E-state index contributed by atoms with van der Waals surface area (Å²) in [6.45, 7) is 2.25. The highest BCUT2D eigenvalue weighted by Gasteiger charge is 2.12. The van der Waals surface area contributed by atoms with Crippen LogP contribution in [-0.2, 0) is 17.8 Å². The molecule has 0 aliphatic rings. The Morgan fingerprint density at radius 1 is 0.913 bits per heavy atom. The maximum atomic E-state index is 11.9. The second-order valence-corrected chi connectivity index (χ2v) is 5.24. The van der Waals surface area contributed by atoms with Crippen LogP contribution in [0, 0.1) is 0 Å². The van der Waals surface area contributed by atoms with Crippen LogP contribution in [-0.4, -0.2) is 6.16 Å². The van der Waals surface area contributed by atoms with E-state index < -0.39 is 6.16 Å². The zero-order chi connectivity index (χ0) is 16.1. The first-order valence-corrected chi connectivity index (χ1v) is 7.67. The average molecular weight is 306 g/mol. The number of carbonyl (C=O) groups is 1. The van der Waals surface area contributed by atoms with Crippen molar-refractivity contribution in [3.05, 3.63) is 77.9 Å². The minimum absolute atomic E-state index is 0.203. The molecule has 3 aromatic carbocycles. The third-order valence-corrected chi connectivity index (χ3v) is 3.74. The zero-order valence-corrected chi connectivity index (χ0v) is 13.0. The number of hydrogen-bond donors (Lipinski definition) is 0.